The molecular formula is C23H47O2SSn. The maximum absolute atomic E-state index is 10.9. The van der Waals surface area contributed by atoms with Gasteiger partial charge in [-0.05, 0) is 32.1 Å². The van der Waals surface area contributed by atoms with Gasteiger partial charge in [0.2, 0.25) is 0 Å². The molecule has 4 heteroatoms. The molecule has 0 fully saturated rings. The van der Waals surface area contributed by atoms with Crippen molar-refractivity contribution in [1.29, 1.82) is 0 Å². The molecule has 0 rings (SSSR count). The molecule has 1 radical (unpaired) electrons. The Labute approximate surface area is 183 Å². The van der Waals surface area contributed by atoms with Crippen LogP contribution in [0.15, 0.2) is 12.2 Å². The first-order chi connectivity index (χ1) is 13.0. The summed E-state index contributed by atoms with van der Waals surface area (Å²) in [5.41, 5.74) is 0. The van der Waals surface area contributed by atoms with Crippen LogP contribution in [0.25, 0.3) is 0 Å². The third kappa shape index (κ3) is 34.3. The zero-order valence-corrected chi connectivity index (χ0v) is 22.5. The predicted molar refractivity (Wildman–Crippen MR) is 128 cm³/mol. The second-order valence-corrected chi connectivity index (χ2v) is 16.7. The average Bonchev–Trinajstić information content (AvgIpc) is 2.63. The van der Waals surface area contributed by atoms with Gasteiger partial charge in [0.25, 0.3) is 0 Å². The van der Waals surface area contributed by atoms with E-state index in [4.69, 9.17) is 4.74 Å². The molecule has 0 N–H and O–H groups in total. The Morgan fingerprint density at radius 3 is 1.63 bits per heavy atom. The van der Waals surface area contributed by atoms with Crippen molar-refractivity contribution in [2.75, 3.05) is 12.4 Å². The molecular weight excluding hydrogens is 459 g/mol. The van der Waals surface area contributed by atoms with Crippen LogP contribution < -0.4 is 0 Å². The molecule has 0 unspecified atom stereocenters. The molecule has 0 saturated carbocycles. The Morgan fingerprint density at radius 1 is 0.778 bits per heavy atom. The van der Waals surface area contributed by atoms with Crippen molar-refractivity contribution >= 4 is 38.4 Å². The number of ether oxygens (including phenoxy) is 1. The summed E-state index contributed by atoms with van der Waals surface area (Å²) in [4.78, 5) is 18.0. The van der Waals surface area contributed by atoms with Gasteiger partial charge >= 0.3 is 40.5 Å². The molecule has 0 aromatic heterocycles. The number of unbranched alkanes of at least 4 members (excludes halogenated alkanes) is 12. The number of rotatable bonds is 17. The minimum atomic E-state index is -0.543. The van der Waals surface area contributed by atoms with Crippen LogP contribution in [0, 0.1) is 0 Å². The first-order valence-electron chi connectivity index (χ1n) is 11.2. The van der Waals surface area contributed by atoms with E-state index >= 15 is 0 Å². The Hall–Kier alpha value is 0.359. The van der Waals surface area contributed by atoms with Gasteiger partial charge in [-0.25, -0.2) is 0 Å². The third-order valence-corrected chi connectivity index (χ3v) is 4.31. The fraction of sp³-hybridized carbons (Fsp3) is 0.870. The number of hydrogen-bond donors (Lipinski definition) is 1. The molecule has 0 aliphatic rings. The van der Waals surface area contributed by atoms with Gasteiger partial charge in [-0.2, -0.15) is 12.6 Å². The van der Waals surface area contributed by atoms with Crippen molar-refractivity contribution in [3.8, 4) is 0 Å². The van der Waals surface area contributed by atoms with Crippen LogP contribution in [0.3, 0.4) is 0 Å². The minimum absolute atomic E-state index is 0.187. The normalized spacial score (nSPS) is 10.9. The summed E-state index contributed by atoms with van der Waals surface area (Å²) in [5.74, 6) is -0.0205. The van der Waals surface area contributed by atoms with Gasteiger partial charge in [0.05, 0.1) is 12.4 Å². The molecule has 0 bridgehead atoms. The van der Waals surface area contributed by atoms with E-state index in [1.165, 1.54) is 77.0 Å². The number of hydrogen-bond acceptors (Lipinski definition) is 3. The molecule has 161 valence electrons. The molecule has 27 heavy (non-hydrogen) atoms. The molecule has 0 aliphatic carbocycles. The number of carbonyl (C=O) groups excluding carboxylic acids is 1. The summed E-state index contributed by atoms with van der Waals surface area (Å²) in [6.07, 6.45) is 22.9. The van der Waals surface area contributed by atoms with Crippen molar-refractivity contribution in [1.82, 2.24) is 0 Å². The van der Waals surface area contributed by atoms with Gasteiger partial charge in [0, 0.05) is 0 Å². The van der Waals surface area contributed by atoms with Gasteiger partial charge < -0.3 is 4.74 Å². The average molecular weight is 506 g/mol. The second kappa shape index (κ2) is 26.4. The van der Waals surface area contributed by atoms with Crippen molar-refractivity contribution in [3.63, 3.8) is 0 Å². The van der Waals surface area contributed by atoms with Crippen LogP contribution in [0.5, 0.6) is 0 Å². The van der Waals surface area contributed by atoms with Crippen molar-refractivity contribution < 1.29 is 9.53 Å². The summed E-state index contributed by atoms with van der Waals surface area (Å²) < 4.78 is 4.99. The van der Waals surface area contributed by atoms with E-state index in [1.54, 1.807) is 0 Å². The van der Waals surface area contributed by atoms with Gasteiger partial charge in [0.1, 0.15) is 0 Å². The van der Waals surface area contributed by atoms with Crippen molar-refractivity contribution in [3.05, 3.63) is 12.2 Å². The number of esters is 1. The quantitative estimate of drug-likeness (QED) is 0.0715. The van der Waals surface area contributed by atoms with Gasteiger partial charge in [-0.3, -0.25) is 4.79 Å². The fourth-order valence-corrected chi connectivity index (χ4v) is 2.67. The topological polar surface area (TPSA) is 26.3 Å². The van der Waals surface area contributed by atoms with E-state index in [1.807, 2.05) is 0 Å². The van der Waals surface area contributed by atoms with Crippen LogP contribution in [0.1, 0.15) is 96.8 Å². The summed E-state index contributed by atoms with van der Waals surface area (Å²) in [6, 6.07) is 0. The van der Waals surface area contributed by atoms with Gasteiger partial charge in [-0.1, -0.05) is 76.9 Å². The van der Waals surface area contributed by atoms with E-state index in [-0.39, 0.29) is 11.7 Å². The van der Waals surface area contributed by atoms with E-state index in [2.05, 4.69) is 46.5 Å². The molecule has 0 saturated heterocycles. The Bertz CT molecular complexity index is 317. The SMILES string of the molecule is CCCCCCCCC=CCCCCCCCCOC(=O)CS.[CH3][Sn]([CH3])[CH3]. The molecule has 2 nitrogen and oxygen atoms in total. The Morgan fingerprint density at radius 2 is 1.19 bits per heavy atom. The number of carbonyl (C=O) groups is 1. The Kier molecular flexibility index (Phi) is 28.9. The molecule has 0 aliphatic heterocycles. The monoisotopic (exact) mass is 507 g/mol. The van der Waals surface area contributed by atoms with E-state index < -0.39 is 19.8 Å². The van der Waals surface area contributed by atoms with Crippen LogP contribution >= 0.6 is 12.6 Å². The maximum atomic E-state index is 10.9. The first kappa shape index (κ1) is 29.6. The third-order valence-electron chi connectivity index (χ3n) is 4.05. The second-order valence-electron chi connectivity index (χ2n) is 7.82. The summed E-state index contributed by atoms with van der Waals surface area (Å²) in [7, 11) is 0. The number of allylic oxidation sites excluding steroid dienone is 2. The zero-order valence-electron chi connectivity index (χ0n) is 18.7. The Balaban J connectivity index is 0. The van der Waals surface area contributed by atoms with Crippen molar-refractivity contribution in [2.45, 2.75) is 112 Å². The summed E-state index contributed by atoms with van der Waals surface area (Å²) in [5, 5.41) is 0. The van der Waals surface area contributed by atoms with Crippen molar-refractivity contribution in [2.24, 2.45) is 0 Å². The van der Waals surface area contributed by atoms with Gasteiger partial charge in [0.15, 0.2) is 0 Å². The molecule has 0 amide bonds. The predicted octanol–water partition coefficient (Wildman–Crippen LogP) is 7.87. The van der Waals surface area contributed by atoms with E-state index in [9.17, 15) is 4.79 Å². The molecule has 0 spiro atoms. The standard InChI is InChI=1S/C20H38O2S.3CH3.Sn/c1-2-3-4-5-6-7-8-9-10-11-12-13-14-15-16-17-18-22-20(21)19-23;;;;/h9-10,23H,2-8,11-19H2,1H3;3*1H3;. The van der Waals surface area contributed by atoms with E-state index in [0.717, 1.165) is 12.8 Å². The van der Waals surface area contributed by atoms with Gasteiger partial charge in [-0.15, -0.1) is 0 Å². The van der Waals surface area contributed by atoms with E-state index in [0.29, 0.717) is 6.61 Å². The fourth-order valence-electron chi connectivity index (χ4n) is 2.58. The zero-order chi connectivity index (χ0) is 20.6. The molecule has 0 heterocycles. The van der Waals surface area contributed by atoms with Crippen LogP contribution in [-0.2, 0) is 9.53 Å². The molecule has 0 aromatic carbocycles. The first-order valence-corrected chi connectivity index (χ1v) is 20.4. The molecule has 0 atom stereocenters. The van der Waals surface area contributed by atoms with Crippen LogP contribution in [0.4, 0.5) is 0 Å². The summed E-state index contributed by atoms with van der Waals surface area (Å²) in [6.45, 7) is 2.82. The molecule has 0 aromatic rings. The van der Waals surface area contributed by atoms with Crippen LogP contribution in [-0.4, -0.2) is 38.1 Å². The van der Waals surface area contributed by atoms with Crippen LogP contribution in [0.2, 0.25) is 14.8 Å². The summed E-state index contributed by atoms with van der Waals surface area (Å²) >= 11 is 3.33. The number of thiol groups is 1.